The van der Waals surface area contributed by atoms with Crippen LogP contribution in [0, 0.1) is 0 Å². The van der Waals surface area contributed by atoms with Gasteiger partial charge in [-0.1, -0.05) is 84.0 Å². The molecule has 58 heavy (non-hydrogen) atoms. The van der Waals surface area contributed by atoms with E-state index in [2.05, 4.69) is 11.7 Å². The van der Waals surface area contributed by atoms with E-state index in [1.165, 1.54) is 84.2 Å². The molecule has 0 aliphatic heterocycles. The lowest BCUT2D eigenvalue weighted by Gasteiger charge is -2.09. The van der Waals surface area contributed by atoms with Crippen LogP contribution in [0.25, 0.3) is 0 Å². The van der Waals surface area contributed by atoms with Crippen LogP contribution >= 0.6 is 0 Å². The third-order valence-corrected chi connectivity index (χ3v) is 8.53. The standard InChI is InChI=1S/C43H86O15/c1-3-4-5-6-7-8-9-10-11-12-13-14-15-17-46-19-21-48-23-25-50-27-29-52-31-33-54-35-37-56-39-41-58-42-40-57-38-36-55-34-32-53-30-28-51-26-24-49-22-20-47-18-16-43(44)45-2/h3-42H2,1-2H3. The van der Waals surface area contributed by atoms with Crippen LogP contribution in [-0.4, -0.2) is 185 Å². The summed E-state index contributed by atoms with van der Waals surface area (Å²) >= 11 is 0. The Kier molecular flexibility index (Phi) is 53.0. The van der Waals surface area contributed by atoms with Crippen molar-refractivity contribution in [1.29, 1.82) is 0 Å². The van der Waals surface area contributed by atoms with Crippen molar-refractivity contribution in [1.82, 2.24) is 0 Å². The van der Waals surface area contributed by atoms with Gasteiger partial charge in [0.15, 0.2) is 0 Å². The van der Waals surface area contributed by atoms with Gasteiger partial charge in [-0.15, -0.1) is 0 Å². The molecule has 0 amide bonds. The monoisotopic (exact) mass is 843 g/mol. The molecule has 0 aliphatic carbocycles. The maximum absolute atomic E-state index is 10.9. The highest BCUT2D eigenvalue weighted by Gasteiger charge is 2.00. The molecule has 0 saturated heterocycles. The molecule has 0 rings (SSSR count). The van der Waals surface area contributed by atoms with Gasteiger partial charge >= 0.3 is 5.97 Å². The highest BCUT2D eigenvalue weighted by molar-refractivity contribution is 5.69. The average molecular weight is 843 g/mol. The van der Waals surface area contributed by atoms with Crippen LogP contribution < -0.4 is 0 Å². The molecular weight excluding hydrogens is 756 g/mol. The first kappa shape index (κ1) is 57.0. The van der Waals surface area contributed by atoms with E-state index >= 15 is 0 Å². The predicted molar refractivity (Wildman–Crippen MR) is 223 cm³/mol. The second-order valence-electron chi connectivity index (χ2n) is 13.5. The van der Waals surface area contributed by atoms with Gasteiger partial charge in [-0.25, -0.2) is 0 Å². The normalized spacial score (nSPS) is 11.6. The number of unbranched alkanes of at least 4 members (excludes halogenated alkanes) is 12. The van der Waals surface area contributed by atoms with Crippen molar-refractivity contribution in [2.45, 2.75) is 96.8 Å². The van der Waals surface area contributed by atoms with Gasteiger partial charge in [0.1, 0.15) is 0 Å². The summed E-state index contributed by atoms with van der Waals surface area (Å²) in [4.78, 5) is 10.9. The number of esters is 1. The van der Waals surface area contributed by atoms with Crippen LogP contribution in [0.2, 0.25) is 0 Å². The van der Waals surface area contributed by atoms with Gasteiger partial charge in [-0.05, 0) is 6.42 Å². The molecule has 0 aromatic rings. The van der Waals surface area contributed by atoms with Gasteiger partial charge in [0.05, 0.1) is 179 Å². The zero-order valence-electron chi connectivity index (χ0n) is 36.9. The van der Waals surface area contributed by atoms with Crippen LogP contribution in [-0.2, 0) is 71.1 Å². The number of rotatable bonds is 53. The van der Waals surface area contributed by atoms with Crippen molar-refractivity contribution >= 4 is 5.97 Å². The minimum Gasteiger partial charge on any atom is -0.469 e. The summed E-state index contributed by atoms with van der Waals surface area (Å²) < 4.78 is 75.9. The van der Waals surface area contributed by atoms with Crippen LogP contribution in [0.1, 0.15) is 96.8 Å². The molecule has 0 fully saturated rings. The highest BCUT2D eigenvalue weighted by atomic mass is 16.6. The molecule has 0 aliphatic rings. The summed E-state index contributed by atoms with van der Waals surface area (Å²) in [6.07, 6.45) is 18.0. The van der Waals surface area contributed by atoms with E-state index in [0.29, 0.717) is 165 Å². The van der Waals surface area contributed by atoms with E-state index in [1.54, 1.807) is 0 Å². The van der Waals surface area contributed by atoms with E-state index < -0.39 is 0 Å². The summed E-state index contributed by atoms with van der Waals surface area (Å²) in [5, 5.41) is 0. The van der Waals surface area contributed by atoms with Crippen LogP contribution in [0.15, 0.2) is 0 Å². The third kappa shape index (κ3) is 53.0. The first-order valence-corrected chi connectivity index (χ1v) is 22.4. The molecule has 0 atom stereocenters. The number of hydrogen-bond acceptors (Lipinski definition) is 15. The molecule has 15 heteroatoms. The van der Waals surface area contributed by atoms with Crippen molar-refractivity contribution in [3.05, 3.63) is 0 Å². The Hall–Kier alpha value is -1.05. The first-order valence-electron chi connectivity index (χ1n) is 22.4. The van der Waals surface area contributed by atoms with Crippen molar-refractivity contribution in [2.75, 3.05) is 179 Å². The molecule has 0 heterocycles. The number of hydrogen-bond donors (Lipinski definition) is 0. The third-order valence-electron chi connectivity index (χ3n) is 8.53. The smallest absolute Gasteiger partial charge is 0.307 e. The number of carbonyl (C=O) groups excluding carboxylic acids is 1. The lowest BCUT2D eigenvalue weighted by atomic mass is 10.0. The zero-order chi connectivity index (χ0) is 41.8. The topological polar surface area (TPSA) is 146 Å². The van der Waals surface area contributed by atoms with E-state index in [-0.39, 0.29) is 12.4 Å². The Labute approximate surface area is 352 Å². The summed E-state index contributed by atoms with van der Waals surface area (Å²) in [6.45, 7) is 15.7. The molecule has 0 saturated carbocycles. The maximum Gasteiger partial charge on any atom is 0.307 e. The van der Waals surface area contributed by atoms with Gasteiger partial charge in [-0.2, -0.15) is 0 Å². The van der Waals surface area contributed by atoms with E-state index in [1.807, 2.05) is 0 Å². The van der Waals surface area contributed by atoms with Gasteiger partial charge in [0.25, 0.3) is 0 Å². The van der Waals surface area contributed by atoms with Gasteiger partial charge in [0, 0.05) is 6.61 Å². The summed E-state index contributed by atoms with van der Waals surface area (Å²) in [6, 6.07) is 0. The quantitative estimate of drug-likeness (QED) is 0.0532. The van der Waals surface area contributed by atoms with Gasteiger partial charge in [-0.3, -0.25) is 4.79 Å². The van der Waals surface area contributed by atoms with E-state index in [4.69, 9.17) is 61.6 Å². The Balaban J connectivity index is 3.06. The molecular formula is C43H86O15. The summed E-state index contributed by atoms with van der Waals surface area (Å²) in [5.41, 5.74) is 0. The second kappa shape index (κ2) is 54.0. The Morgan fingerprint density at radius 3 is 0.672 bits per heavy atom. The fourth-order valence-electron chi connectivity index (χ4n) is 5.22. The molecule has 0 bridgehead atoms. The fourth-order valence-corrected chi connectivity index (χ4v) is 5.22. The number of ether oxygens (including phenoxy) is 14. The highest BCUT2D eigenvalue weighted by Crippen LogP contribution is 2.12. The lowest BCUT2D eigenvalue weighted by Crippen LogP contribution is -2.15. The van der Waals surface area contributed by atoms with Crippen molar-refractivity contribution in [2.24, 2.45) is 0 Å². The fraction of sp³-hybridized carbons (Fsp3) is 0.977. The first-order chi connectivity index (χ1) is 28.8. The number of carbonyl (C=O) groups is 1. The van der Waals surface area contributed by atoms with Gasteiger partial charge in [0.2, 0.25) is 0 Å². The minimum atomic E-state index is -0.285. The summed E-state index contributed by atoms with van der Waals surface area (Å²) in [7, 11) is 1.35. The predicted octanol–water partition coefficient (Wildman–Crippen LogP) is 5.86. The lowest BCUT2D eigenvalue weighted by molar-refractivity contribution is -0.141. The van der Waals surface area contributed by atoms with Crippen molar-refractivity contribution in [3.8, 4) is 0 Å². The molecule has 15 nitrogen and oxygen atoms in total. The van der Waals surface area contributed by atoms with Crippen molar-refractivity contribution < 1.29 is 71.1 Å². The number of methoxy groups -OCH3 is 1. The molecule has 0 N–H and O–H groups in total. The molecule has 348 valence electrons. The second-order valence-corrected chi connectivity index (χ2v) is 13.5. The Bertz CT molecular complexity index is 753. The maximum atomic E-state index is 10.9. The minimum absolute atomic E-state index is 0.244. The average Bonchev–Trinajstić information content (AvgIpc) is 3.24. The SMILES string of the molecule is CCCCCCCCCCCCCCCOCCOCCOCCOCCOCCOCCOCCOCCOCCOCCOCCOCCOCCC(=O)OC. The Morgan fingerprint density at radius 2 is 0.448 bits per heavy atom. The van der Waals surface area contributed by atoms with E-state index in [9.17, 15) is 4.79 Å². The summed E-state index contributed by atoms with van der Waals surface area (Å²) in [5.74, 6) is -0.285. The van der Waals surface area contributed by atoms with Crippen molar-refractivity contribution in [3.63, 3.8) is 0 Å². The Morgan fingerprint density at radius 1 is 0.259 bits per heavy atom. The molecule has 0 spiro atoms. The van der Waals surface area contributed by atoms with Crippen LogP contribution in [0.5, 0.6) is 0 Å². The van der Waals surface area contributed by atoms with Crippen LogP contribution in [0.3, 0.4) is 0 Å². The van der Waals surface area contributed by atoms with E-state index in [0.717, 1.165) is 13.0 Å². The molecule has 0 radical (unpaired) electrons. The largest absolute Gasteiger partial charge is 0.469 e. The zero-order valence-corrected chi connectivity index (χ0v) is 36.9. The molecule has 0 aromatic carbocycles. The van der Waals surface area contributed by atoms with Crippen LogP contribution in [0.4, 0.5) is 0 Å². The van der Waals surface area contributed by atoms with Gasteiger partial charge < -0.3 is 66.3 Å². The molecule has 0 unspecified atom stereocenters. The molecule has 0 aromatic heterocycles.